The van der Waals surface area contributed by atoms with Gasteiger partial charge in [-0.25, -0.2) is 5.01 Å². The first kappa shape index (κ1) is 10.8. The van der Waals surface area contributed by atoms with Crippen LogP contribution in [-0.4, -0.2) is 12.1 Å². The van der Waals surface area contributed by atoms with E-state index in [1.165, 1.54) is 5.56 Å². The maximum Gasteiger partial charge on any atom is 0.168 e. The highest BCUT2D eigenvalue weighted by molar-refractivity contribution is 5.47. The maximum atomic E-state index is 4.23. The average Bonchev–Trinajstić information content (AvgIpc) is 2.83. The second-order valence-corrected chi connectivity index (χ2v) is 4.22. The Morgan fingerprint density at radius 3 is 2.11 bits per heavy atom. The second kappa shape index (κ2) is 4.49. The molecule has 1 aliphatic rings. The van der Waals surface area contributed by atoms with Crippen molar-refractivity contribution < 1.29 is 0 Å². The van der Waals surface area contributed by atoms with E-state index in [1.54, 1.807) is 0 Å². The Labute approximate surface area is 106 Å². The normalized spacial score (nSPS) is 18.4. The Kier molecular flexibility index (Phi) is 2.68. The molecular formula is C14H14N4. The van der Waals surface area contributed by atoms with Gasteiger partial charge in [0.2, 0.25) is 0 Å². The first-order chi connectivity index (χ1) is 8.86. The van der Waals surface area contributed by atoms with E-state index in [4.69, 9.17) is 0 Å². The summed E-state index contributed by atoms with van der Waals surface area (Å²) in [7, 11) is 1.93. The van der Waals surface area contributed by atoms with Crippen molar-refractivity contribution in [1.29, 1.82) is 0 Å². The smallest absolute Gasteiger partial charge is 0.168 e. The van der Waals surface area contributed by atoms with Gasteiger partial charge in [0.25, 0.3) is 0 Å². The molecule has 18 heavy (non-hydrogen) atoms. The molecule has 4 heteroatoms. The standard InChI is InChI=1S/C14H14N4/c1-17-14(12-8-4-2-5-9-12)18(16-15-17)13-10-6-3-7-11-13/h2-11,14H,1H3. The van der Waals surface area contributed by atoms with Gasteiger partial charge in [-0.15, -0.1) is 0 Å². The molecule has 1 heterocycles. The van der Waals surface area contributed by atoms with E-state index < -0.39 is 0 Å². The number of anilines is 1. The van der Waals surface area contributed by atoms with Crippen LogP contribution in [0.1, 0.15) is 11.7 Å². The highest BCUT2D eigenvalue weighted by atomic mass is 15.8. The Morgan fingerprint density at radius 2 is 1.44 bits per heavy atom. The first-order valence-electron chi connectivity index (χ1n) is 5.90. The van der Waals surface area contributed by atoms with E-state index in [-0.39, 0.29) is 6.17 Å². The number of para-hydroxylation sites is 1. The van der Waals surface area contributed by atoms with Gasteiger partial charge >= 0.3 is 0 Å². The summed E-state index contributed by atoms with van der Waals surface area (Å²) in [5, 5.41) is 12.2. The van der Waals surface area contributed by atoms with Crippen molar-refractivity contribution in [2.24, 2.45) is 10.4 Å². The number of rotatable bonds is 2. The van der Waals surface area contributed by atoms with E-state index in [9.17, 15) is 0 Å². The van der Waals surface area contributed by atoms with Crippen LogP contribution in [0.5, 0.6) is 0 Å². The van der Waals surface area contributed by atoms with Crippen molar-refractivity contribution in [1.82, 2.24) is 5.01 Å². The fourth-order valence-corrected chi connectivity index (χ4v) is 2.12. The zero-order chi connectivity index (χ0) is 12.4. The molecule has 0 saturated carbocycles. The minimum atomic E-state index is 0.0219. The number of benzene rings is 2. The van der Waals surface area contributed by atoms with Crippen molar-refractivity contribution >= 4 is 5.69 Å². The Hall–Kier alpha value is -2.36. The van der Waals surface area contributed by atoms with Crippen molar-refractivity contribution in [3.05, 3.63) is 66.2 Å². The van der Waals surface area contributed by atoms with E-state index in [2.05, 4.69) is 22.6 Å². The van der Waals surface area contributed by atoms with Crippen molar-refractivity contribution in [3.63, 3.8) is 0 Å². The molecule has 2 aromatic carbocycles. The van der Waals surface area contributed by atoms with Gasteiger partial charge in [-0.05, 0) is 22.9 Å². The molecule has 0 radical (unpaired) electrons. The summed E-state index contributed by atoms with van der Waals surface area (Å²) in [5.41, 5.74) is 2.22. The Balaban J connectivity index is 1.98. The maximum absolute atomic E-state index is 4.23. The van der Waals surface area contributed by atoms with Gasteiger partial charge in [-0.2, -0.15) is 0 Å². The van der Waals surface area contributed by atoms with E-state index >= 15 is 0 Å². The second-order valence-electron chi connectivity index (χ2n) is 4.22. The summed E-state index contributed by atoms with van der Waals surface area (Å²) in [5.74, 6) is 0. The molecule has 1 unspecified atom stereocenters. The minimum Gasteiger partial charge on any atom is -0.251 e. The lowest BCUT2D eigenvalue weighted by Crippen LogP contribution is -2.27. The molecule has 0 N–H and O–H groups in total. The summed E-state index contributed by atoms with van der Waals surface area (Å²) in [6.07, 6.45) is 0.0219. The predicted molar refractivity (Wildman–Crippen MR) is 70.7 cm³/mol. The van der Waals surface area contributed by atoms with Gasteiger partial charge < -0.3 is 0 Å². The SMILES string of the molecule is CN1N=NN(c2ccccc2)C1c1ccccc1. The van der Waals surface area contributed by atoms with Gasteiger partial charge in [-0.1, -0.05) is 53.8 Å². The zero-order valence-electron chi connectivity index (χ0n) is 10.1. The summed E-state index contributed by atoms with van der Waals surface area (Å²) in [4.78, 5) is 0. The van der Waals surface area contributed by atoms with Gasteiger partial charge in [0.1, 0.15) is 0 Å². The summed E-state index contributed by atoms with van der Waals surface area (Å²) in [6, 6.07) is 20.3. The third-order valence-electron chi connectivity index (χ3n) is 2.98. The van der Waals surface area contributed by atoms with Crippen LogP contribution >= 0.6 is 0 Å². The Morgan fingerprint density at radius 1 is 0.833 bits per heavy atom. The predicted octanol–water partition coefficient (Wildman–Crippen LogP) is 3.42. The number of hydrogen-bond donors (Lipinski definition) is 0. The molecule has 0 spiro atoms. The van der Waals surface area contributed by atoms with Crippen molar-refractivity contribution in [2.75, 3.05) is 12.1 Å². The molecule has 0 aliphatic carbocycles. The molecule has 0 bridgehead atoms. The molecule has 4 nitrogen and oxygen atoms in total. The molecule has 1 aliphatic heterocycles. The molecule has 0 fully saturated rings. The minimum absolute atomic E-state index is 0.0219. The fraction of sp³-hybridized carbons (Fsp3) is 0.143. The molecule has 0 aromatic heterocycles. The Bertz CT molecular complexity index is 538. The lowest BCUT2D eigenvalue weighted by molar-refractivity contribution is 0.290. The molecule has 0 amide bonds. The van der Waals surface area contributed by atoms with Gasteiger partial charge in [-0.3, -0.25) is 5.01 Å². The van der Waals surface area contributed by atoms with Crippen molar-refractivity contribution in [3.8, 4) is 0 Å². The molecule has 2 aromatic rings. The van der Waals surface area contributed by atoms with Crippen LogP contribution in [0.4, 0.5) is 5.69 Å². The molecule has 90 valence electrons. The van der Waals surface area contributed by atoms with Crippen LogP contribution < -0.4 is 5.01 Å². The van der Waals surface area contributed by atoms with E-state index in [0.717, 1.165) is 5.69 Å². The largest absolute Gasteiger partial charge is 0.251 e. The van der Waals surface area contributed by atoms with Crippen LogP contribution in [0.25, 0.3) is 0 Å². The van der Waals surface area contributed by atoms with Crippen molar-refractivity contribution in [2.45, 2.75) is 6.17 Å². The summed E-state index contributed by atoms with van der Waals surface area (Å²) >= 11 is 0. The first-order valence-corrected chi connectivity index (χ1v) is 5.90. The van der Waals surface area contributed by atoms with Gasteiger partial charge in [0, 0.05) is 7.05 Å². The number of hydrogen-bond acceptors (Lipinski definition) is 4. The molecule has 0 saturated heterocycles. The lowest BCUT2D eigenvalue weighted by atomic mass is 10.1. The third kappa shape index (κ3) is 1.82. The quantitative estimate of drug-likeness (QED) is 0.802. The van der Waals surface area contributed by atoms with Crippen LogP contribution in [0.3, 0.4) is 0 Å². The third-order valence-corrected chi connectivity index (χ3v) is 2.98. The van der Waals surface area contributed by atoms with E-state index in [0.29, 0.717) is 0 Å². The summed E-state index contributed by atoms with van der Waals surface area (Å²) in [6.45, 7) is 0. The van der Waals surface area contributed by atoms with Crippen LogP contribution in [-0.2, 0) is 0 Å². The lowest BCUT2D eigenvalue weighted by Gasteiger charge is -2.26. The molecular weight excluding hydrogens is 224 g/mol. The fourth-order valence-electron chi connectivity index (χ4n) is 2.12. The zero-order valence-corrected chi connectivity index (χ0v) is 10.1. The van der Waals surface area contributed by atoms with Gasteiger partial charge in [0.05, 0.1) is 5.69 Å². The highest BCUT2D eigenvalue weighted by Crippen LogP contribution is 2.33. The van der Waals surface area contributed by atoms with Crippen LogP contribution in [0.2, 0.25) is 0 Å². The molecule has 3 rings (SSSR count). The average molecular weight is 238 g/mol. The summed E-state index contributed by atoms with van der Waals surface area (Å²) < 4.78 is 0. The van der Waals surface area contributed by atoms with Crippen LogP contribution in [0.15, 0.2) is 71.1 Å². The topological polar surface area (TPSA) is 31.2 Å². The van der Waals surface area contributed by atoms with Gasteiger partial charge in [0.15, 0.2) is 6.17 Å². The number of nitrogens with zero attached hydrogens (tertiary/aromatic N) is 4. The van der Waals surface area contributed by atoms with E-state index in [1.807, 2.05) is 65.6 Å². The highest BCUT2D eigenvalue weighted by Gasteiger charge is 2.29. The molecule has 1 atom stereocenters. The monoisotopic (exact) mass is 238 g/mol. The van der Waals surface area contributed by atoms with Crippen LogP contribution in [0, 0.1) is 0 Å².